The number of rotatable bonds is 5. The Labute approximate surface area is 112 Å². The highest BCUT2D eigenvalue weighted by molar-refractivity contribution is 7.91. The van der Waals surface area contributed by atoms with Gasteiger partial charge in [-0.25, -0.2) is 13.2 Å². The van der Waals surface area contributed by atoms with Crippen molar-refractivity contribution in [2.75, 3.05) is 18.1 Å². The molecule has 1 rings (SSSR count). The van der Waals surface area contributed by atoms with E-state index in [1.807, 2.05) is 0 Å². The molecule has 2 atom stereocenters. The zero-order valence-electron chi connectivity index (χ0n) is 11.1. The van der Waals surface area contributed by atoms with Gasteiger partial charge in [-0.15, -0.1) is 0 Å². The van der Waals surface area contributed by atoms with Crippen LogP contribution in [0, 0.1) is 0 Å². The fourth-order valence-corrected chi connectivity index (χ4v) is 3.32. The lowest BCUT2D eigenvalue weighted by Crippen LogP contribution is -2.54. The zero-order chi connectivity index (χ0) is 14.7. The van der Waals surface area contributed by atoms with Gasteiger partial charge in [-0.1, -0.05) is 6.92 Å². The number of carbonyl (C=O) groups is 2. The number of amides is 1. The number of aliphatic carboxylic acids is 1. The molecule has 1 amide bonds. The maximum Gasteiger partial charge on any atom is 0.329 e. The third-order valence-electron chi connectivity index (χ3n) is 3.33. The van der Waals surface area contributed by atoms with Crippen molar-refractivity contribution in [1.82, 2.24) is 10.6 Å². The van der Waals surface area contributed by atoms with Crippen molar-refractivity contribution in [3.8, 4) is 0 Å². The van der Waals surface area contributed by atoms with Gasteiger partial charge in [0.1, 0.15) is 5.54 Å². The molecule has 0 spiro atoms. The summed E-state index contributed by atoms with van der Waals surface area (Å²) in [5.41, 5.74) is -1.31. The van der Waals surface area contributed by atoms with Crippen LogP contribution < -0.4 is 10.6 Å². The summed E-state index contributed by atoms with van der Waals surface area (Å²) in [6.07, 6.45) is 0.215. The Hall–Kier alpha value is -1.15. The van der Waals surface area contributed by atoms with Crippen molar-refractivity contribution >= 4 is 21.7 Å². The van der Waals surface area contributed by atoms with Crippen LogP contribution in [0.5, 0.6) is 0 Å². The first-order valence-electron chi connectivity index (χ1n) is 6.17. The van der Waals surface area contributed by atoms with E-state index in [2.05, 4.69) is 10.6 Å². The third kappa shape index (κ3) is 4.46. The van der Waals surface area contributed by atoms with Crippen molar-refractivity contribution in [2.45, 2.75) is 38.3 Å². The molecule has 110 valence electrons. The van der Waals surface area contributed by atoms with E-state index < -0.39 is 33.3 Å². The van der Waals surface area contributed by atoms with Crippen LogP contribution >= 0.6 is 0 Å². The van der Waals surface area contributed by atoms with Gasteiger partial charge in [-0.05, 0) is 13.3 Å². The average Bonchev–Trinajstić information content (AvgIpc) is 2.26. The van der Waals surface area contributed by atoms with Crippen LogP contribution in [-0.2, 0) is 19.4 Å². The predicted molar refractivity (Wildman–Crippen MR) is 69.5 cm³/mol. The lowest BCUT2D eigenvalue weighted by atomic mass is 9.98. The second kappa shape index (κ2) is 5.87. The first-order valence-corrected chi connectivity index (χ1v) is 7.99. The largest absolute Gasteiger partial charge is 0.480 e. The fraction of sp³-hybridized carbons (Fsp3) is 0.818. The van der Waals surface area contributed by atoms with Crippen LogP contribution in [0.15, 0.2) is 0 Å². The molecule has 0 saturated carbocycles. The van der Waals surface area contributed by atoms with Gasteiger partial charge in [0.25, 0.3) is 0 Å². The predicted octanol–water partition coefficient (Wildman–Crippen LogP) is -0.867. The Bertz CT molecular complexity index is 462. The first-order chi connectivity index (χ1) is 8.68. The molecule has 0 radical (unpaired) electrons. The molecule has 0 bridgehead atoms. The molecule has 0 aromatic rings. The summed E-state index contributed by atoms with van der Waals surface area (Å²) < 4.78 is 22.9. The first kappa shape index (κ1) is 15.9. The van der Waals surface area contributed by atoms with E-state index in [9.17, 15) is 18.0 Å². The van der Waals surface area contributed by atoms with Crippen LogP contribution in [0.3, 0.4) is 0 Å². The molecule has 2 unspecified atom stereocenters. The summed E-state index contributed by atoms with van der Waals surface area (Å²) in [4.78, 5) is 22.8. The number of nitrogens with one attached hydrogen (secondary N) is 2. The molecule has 1 aliphatic rings. The van der Waals surface area contributed by atoms with Crippen molar-refractivity contribution < 1.29 is 23.1 Å². The smallest absolute Gasteiger partial charge is 0.329 e. The van der Waals surface area contributed by atoms with Gasteiger partial charge in [-0.3, -0.25) is 4.79 Å². The second-order valence-corrected chi connectivity index (χ2v) is 7.24. The second-order valence-electron chi connectivity index (χ2n) is 5.01. The van der Waals surface area contributed by atoms with E-state index in [1.165, 1.54) is 6.92 Å². The van der Waals surface area contributed by atoms with Crippen molar-refractivity contribution in [3.63, 3.8) is 0 Å². The van der Waals surface area contributed by atoms with Crippen LogP contribution in [0.2, 0.25) is 0 Å². The number of hydrogen-bond donors (Lipinski definition) is 3. The highest BCUT2D eigenvalue weighted by Gasteiger charge is 2.34. The van der Waals surface area contributed by atoms with Gasteiger partial charge in [0.15, 0.2) is 9.84 Å². The molecule has 0 aromatic heterocycles. The lowest BCUT2D eigenvalue weighted by molar-refractivity contribution is -0.147. The Morgan fingerprint density at radius 2 is 2.11 bits per heavy atom. The van der Waals surface area contributed by atoms with Gasteiger partial charge in [0, 0.05) is 19.0 Å². The monoisotopic (exact) mass is 292 g/mol. The number of sulfone groups is 1. The maximum absolute atomic E-state index is 11.8. The minimum atomic E-state index is -3.10. The number of hydrogen-bond acceptors (Lipinski definition) is 5. The number of carboxylic acid groups (broad SMARTS) is 1. The zero-order valence-corrected chi connectivity index (χ0v) is 11.9. The van der Waals surface area contributed by atoms with E-state index in [-0.39, 0.29) is 24.3 Å². The van der Waals surface area contributed by atoms with Crippen LogP contribution in [0.4, 0.5) is 0 Å². The molecular weight excluding hydrogens is 272 g/mol. The molecule has 3 N–H and O–H groups in total. The summed E-state index contributed by atoms with van der Waals surface area (Å²) in [7, 11) is -3.10. The van der Waals surface area contributed by atoms with Gasteiger partial charge in [0.2, 0.25) is 5.91 Å². The van der Waals surface area contributed by atoms with Crippen LogP contribution in [0.1, 0.15) is 26.7 Å². The summed E-state index contributed by atoms with van der Waals surface area (Å²) >= 11 is 0. The van der Waals surface area contributed by atoms with Crippen molar-refractivity contribution in [3.05, 3.63) is 0 Å². The van der Waals surface area contributed by atoms with Gasteiger partial charge < -0.3 is 15.7 Å². The molecule has 0 aliphatic carbocycles. The van der Waals surface area contributed by atoms with Crippen molar-refractivity contribution in [1.29, 1.82) is 0 Å². The fourth-order valence-electron chi connectivity index (χ4n) is 1.87. The Morgan fingerprint density at radius 1 is 1.47 bits per heavy atom. The standard InChI is InChI=1S/C11H20N2O5S/c1-3-11(2,10(15)16)13-9(14)6-8-7-19(17,18)5-4-12-8/h8,12H,3-7H2,1-2H3,(H,13,14)(H,15,16). The third-order valence-corrected chi connectivity index (χ3v) is 5.06. The molecule has 0 aromatic carbocycles. The van der Waals surface area contributed by atoms with E-state index in [1.54, 1.807) is 6.92 Å². The highest BCUT2D eigenvalue weighted by Crippen LogP contribution is 2.11. The number of carbonyl (C=O) groups excluding carboxylic acids is 1. The molecule has 1 heterocycles. The molecule has 1 saturated heterocycles. The van der Waals surface area contributed by atoms with Crippen LogP contribution in [-0.4, -0.2) is 55.0 Å². The molecule has 1 aliphatic heterocycles. The Morgan fingerprint density at radius 3 is 2.58 bits per heavy atom. The topological polar surface area (TPSA) is 113 Å². The highest BCUT2D eigenvalue weighted by atomic mass is 32.2. The summed E-state index contributed by atoms with van der Waals surface area (Å²) in [5.74, 6) is -1.57. The summed E-state index contributed by atoms with van der Waals surface area (Å²) in [5, 5.41) is 14.4. The summed E-state index contributed by atoms with van der Waals surface area (Å²) in [6, 6.07) is -0.450. The number of carboxylic acids is 1. The molecule has 8 heteroatoms. The van der Waals surface area contributed by atoms with Crippen LogP contribution in [0.25, 0.3) is 0 Å². The minimum Gasteiger partial charge on any atom is -0.480 e. The van der Waals surface area contributed by atoms with Gasteiger partial charge in [-0.2, -0.15) is 0 Å². The molecule has 19 heavy (non-hydrogen) atoms. The molecular formula is C11H20N2O5S. The molecule has 7 nitrogen and oxygen atoms in total. The minimum absolute atomic E-state index is 0.0396. The van der Waals surface area contributed by atoms with E-state index >= 15 is 0 Å². The quantitative estimate of drug-likeness (QED) is 0.607. The lowest BCUT2D eigenvalue weighted by Gasteiger charge is -2.27. The molecule has 1 fully saturated rings. The Balaban J connectivity index is 2.58. The normalized spacial score (nSPS) is 25.3. The van der Waals surface area contributed by atoms with E-state index in [4.69, 9.17) is 5.11 Å². The SMILES string of the molecule is CCC(C)(NC(=O)CC1CS(=O)(=O)CCN1)C(=O)O. The van der Waals surface area contributed by atoms with Crippen molar-refractivity contribution in [2.24, 2.45) is 0 Å². The maximum atomic E-state index is 11.8. The average molecular weight is 292 g/mol. The van der Waals surface area contributed by atoms with E-state index in [0.717, 1.165) is 0 Å². The van der Waals surface area contributed by atoms with Gasteiger partial charge in [0.05, 0.1) is 11.5 Å². The van der Waals surface area contributed by atoms with Gasteiger partial charge >= 0.3 is 5.97 Å². The van der Waals surface area contributed by atoms with E-state index in [0.29, 0.717) is 6.54 Å². The summed E-state index contributed by atoms with van der Waals surface area (Å²) in [6.45, 7) is 3.42. The Kier molecular flexibility index (Phi) is 4.92.